The molecular formula is C12H24N2O2. The van der Waals surface area contributed by atoms with Gasteiger partial charge in [-0.2, -0.15) is 0 Å². The molecule has 0 aliphatic carbocycles. The molecule has 16 heavy (non-hydrogen) atoms. The number of piperidine rings is 1. The van der Waals surface area contributed by atoms with E-state index in [4.69, 9.17) is 5.73 Å². The molecule has 1 aliphatic rings. The Bertz CT molecular complexity index is 251. The summed E-state index contributed by atoms with van der Waals surface area (Å²) >= 11 is 0. The minimum absolute atomic E-state index is 0.0382. The average Bonchev–Trinajstić information content (AvgIpc) is 2.30. The Morgan fingerprint density at radius 1 is 1.50 bits per heavy atom. The molecule has 0 spiro atoms. The third-order valence-corrected chi connectivity index (χ3v) is 3.83. The van der Waals surface area contributed by atoms with Crippen LogP contribution in [0.2, 0.25) is 0 Å². The van der Waals surface area contributed by atoms with Gasteiger partial charge in [-0.05, 0) is 25.2 Å². The van der Waals surface area contributed by atoms with E-state index in [0.29, 0.717) is 32.4 Å². The van der Waals surface area contributed by atoms with Gasteiger partial charge in [-0.3, -0.25) is 4.79 Å². The van der Waals surface area contributed by atoms with E-state index in [9.17, 15) is 9.90 Å². The summed E-state index contributed by atoms with van der Waals surface area (Å²) in [5, 5.41) is 9.63. The van der Waals surface area contributed by atoms with Crippen LogP contribution in [0.5, 0.6) is 0 Å². The fraction of sp³-hybridized carbons (Fsp3) is 0.917. The maximum Gasteiger partial charge on any atom is 0.242 e. The summed E-state index contributed by atoms with van der Waals surface area (Å²) in [6.07, 6.45) is 1.71. The molecule has 0 aromatic rings. The Hall–Kier alpha value is -0.610. The topological polar surface area (TPSA) is 66.6 Å². The van der Waals surface area contributed by atoms with Crippen LogP contribution in [0.4, 0.5) is 0 Å². The fourth-order valence-electron chi connectivity index (χ4n) is 2.19. The highest BCUT2D eigenvalue weighted by Gasteiger charge is 2.37. The number of aliphatic hydroxyl groups excluding tert-OH is 1. The van der Waals surface area contributed by atoms with E-state index in [1.54, 1.807) is 0 Å². The van der Waals surface area contributed by atoms with Gasteiger partial charge in [-0.25, -0.2) is 0 Å². The Kier molecular flexibility index (Phi) is 4.33. The predicted octanol–water partition coefficient (Wildman–Crippen LogP) is 0.733. The lowest BCUT2D eigenvalue weighted by atomic mass is 9.89. The van der Waals surface area contributed by atoms with Gasteiger partial charge in [0.05, 0.1) is 11.6 Å². The van der Waals surface area contributed by atoms with Crippen LogP contribution in [0.15, 0.2) is 0 Å². The van der Waals surface area contributed by atoms with Gasteiger partial charge in [0, 0.05) is 13.1 Å². The van der Waals surface area contributed by atoms with Crippen LogP contribution >= 0.6 is 0 Å². The maximum atomic E-state index is 12.3. The second kappa shape index (κ2) is 5.15. The van der Waals surface area contributed by atoms with Crippen molar-refractivity contribution in [2.75, 3.05) is 13.1 Å². The predicted molar refractivity (Wildman–Crippen MR) is 63.9 cm³/mol. The maximum absolute atomic E-state index is 12.3. The molecule has 2 atom stereocenters. The number of nitrogens with two attached hydrogens (primary N) is 1. The number of carbonyl (C=O) groups excluding carboxylic acids is 1. The summed E-state index contributed by atoms with van der Waals surface area (Å²) in [6.45, 7) is 7.12. The molecule has 1 saturated heterocycles. The van der Waals surface area contributed by atoms with Crippen molar-refractivity contribution in [1.82, 2.24) is 4.90 Å². The molecule has 4 heteroatoms. The first-order chi connectivity index (χ1) is 7.44. The molecule has 1 rings (SSSR count). The van der Waals surface area contributed by atoms with E-state index in [2.05, 4.69) is 0 Å². The van der Waals surface area contributed by atoms with Crippen LogP contribution in [-0.2, 0) is 4.79 Å². The first-order valence-electron chi connectivity index (χ1n) is 6.21. The van der Waals surface area contributed by atoms with Gasteiger partial charge in [0.15, 0.2) is 0 Å². The summed E-state index contributed by atoms with van der Waals surface area (Å²) in [5.41, 5.74) is 5.38. The Balaban J connectivity index is 2.68. The van der Waals surface area contributed by atoms with Gasteiger partial charge in [0.2, 0.25) is 5.91 Å². The molecule has 1 amide bonds. The Morgan fingerprint density at radius 2 is 2.06 bits per heavy atom. The second-order valence-corrected chi connectivity index (χ2v) is 4.95. The molecule has 1 fully saturated rings. The minimum Gasteiger partial charge on any atom is -0.393 e. The summed E-state index contributed by atoms with van der Waals surface area (Å²) in [4.78, 5) is 14.1. The zero-order chi connectivity index (χ0) is 12.3. The number of hydrogen-bond donors (Lipinski definition) is 2. The highest BCUT2D eigenvalue weighted by molar-refractivity contribution is 5.86. The lowest BCUT2D eigenvalue weighted by Crippen LogP contribution is -2.57. The molecular weight excluding hydrogens is 204 g/mol. The highest BCUT2D eigenvalue weighted by atomic mass is 16.3. The number of amides is 1. The number of rotatable bonds is 3. The molecule has 1 aliphatic heterocycles. The van der Waals surface area contributed by atoms with E-state index in [-0.39, 0.29) is 17.9 Å². The van der Waals surface area contributed by atoms with Crippen molar-refractivity contribution in [2.24, 2.45) is 11.7 Å². The van der Waals surface area contributed by atoms with Crippen LogP contribution in [-0.4, -0.2) is 40.6 Å². The van der Waals surface area contributed by atoms with Crippen LogP contribution in [0.25, 0.3) is 0 Å². The Labute approximate surface area is 97.8 Å². The SMILES string of the molecule is CCC(N)(CC)C(=O)N1CCC(O)C(C)C1. The van der Waals surface area contributed by atoms with Crippen LogP contribution in [0, 0.1) is 5.92 Å². The van der Waals surface area contributed by atoms with Crippen molar-refractivity contribution in [1.29, 1.82) is 0 Å². The third-order valence-electron chi connectivity index (χ3n) is 3.83. The van der Waals surface area contributed by atoms with Crippen LogP contribution in [0.3, 0.4) is 0 Å². The molecule has 4 nitrogen and oxygen atoms in total. The van der Waals surface area contributed by atoms with Crippen molar-refractivity contribution in [3.63, 3.8) is 0 Å². The standard InChI is InChI=1S/C12H24N2O2/c1-4-12(13,5-2)11(16)14-7-6-10(15)9(3)8-14/h9-10,15H,4-8,13H2,1-3H3. The first-order valence-corrected chi connectivity index (χ1v) is 6.21. The minimum atomic E-state index is -0.720. The first kappa shape index (κ1) is 13.5. The summed E-state index contributed by atoms with van der Waals surface area (Å²) < 4.78 is 0. The van der Waals surface area contributed by atoms with Crippen molar-refractivity contribution < 1.29 is 9.90 Å². The molecule has 0 saturated carbocycles. The fourth-order valence-corrected chi connectivity index (χ4v) is 2.19. The number of hydrogen-bond acceptors (Lipinski definition) is 3. The molecule has 0 aromatic heterocycles. The normalized spacial score (nSPS) is 26.9. The zero-order valence-electron chi connectivity index (χ0n) is 10.6. The van der Waals surface area contributed by atoms with Gasteiger partial charge in [0.25, 0.3) is 0 Å². The third kappa shape index (κ3) is 2.55. The van der Waals surface area contributed by atoms with Crippen LogP contribution < -0.4 is 5.73 Å². The summed E-state index contributed by atoms with van der Waals surface area (Å²) in [6, 6.07) is 0. The van der Waals surface area contributed by atoms with Gasteiger partial charge in [0.1, 0.15) is 0 Å². The summed E-state index contributed by atoms with van der Waals surface area (Å²) in [5.74, 6) is 0.187. The highest BCUT2D eigenvalue weighted by Crippen LogP contribution is 2.21. The molecule has 0 bridgehead atoms. The molecule has 2 unspecified atom stereocenters. The van der Waals surface area contributed by atoms with Gasteiger partial charge >= 0.3 is 0 Å². The number of likely N-dealkylation sites (tertiary alicyclic amines) is 1. The van der Waals surface area contributed by atoms with Crippen molar-refractivity contribution in [2.45, 2.75) is 51.7 Å². The van der Waals surface area contributed by atoms with Crippen LogP contribution in [0.1, 0.15) is 40.0 Å². The van der Waals surface area contributed by atoms with E-state index >= 15 is 0 Å². The van der Waals surface area contributed by atoms with E-state index in [0.717, 1.165) is 0 Å². The number of aliphatic hydroxyl groups is 1. The average molecular weight is 228 g/mol. The number of nitrogens with zero attached hydrogens (tertiary/aromatic N) is 1. The zero-order valence-corrected chi connectivity index (χ0v) is 10.6. The molecule has 3 N–H and O–H groups in total. The van der Waals surface area contributed by atoms with Crippen molar-refractivity contribution in [3.05, 3.63) is 0 Å². The monoisotopic (exact) mass is 228 g/mol. The van der Waals surface area contributed by atoms with Crippen molar-refractivity contribution >= 4 is 5.91 Å². The molecule has 94 valence electrons. The number of carbonyl (C=O) groups is 1. The van der Waals surface area contributed by atoms with E-state index < -0.39 is 5.54 Å². The molecule has 1 heterocycles. The second-order valence-electron chi connectivity index (χ2n) is 4.95. The van der Waals surface area contributed by atoms with E-state index in [1.807, 2.05) is 25.7 Å². The largest absolute Gasteiger partial charge is 0.393 e. The van der Waals surface area contributed by atoms with Gasteiger partial charge < -0.3 is 15.7 Å². The lowest BCUT2D eigenvalue weighted by Gasteiger charge is -2.39. The van der Waals surface area contributed by atoms with Gasteiger partial charge in [-0.1, -0.05) is 20.8 Å². The molecule has 0 aromatic carbocycles. The van der Waals surface area contributed by atoms with E-state index in [1.165, 1.54) is 0 Å². The van der Waals surface area contributed by atoms with Gasteiger partial charge in [-0.15, -0.1) is 0 Å². The quantitative estimate of drug-likeness (QED) is 0.748. The smallest absolute Gasteiger partial charge is 0.242 e. The molecule has 0 radical (unpaired) electrons. The Morgan fingerprint density at radius 3 is 2.50 bits per heavy atom. The van der Waals surface area contributed by atoms with Crippen molar-refractivity contribution in [3.8, 4) is 0 Å². The lowest BCUT2D eigenvalue weighted by molar-refractivity contribution is -0.140. The summed E-state index contributed by atoms with van der Waals surface area (Å²) in [7, 11) is 0.